The molecule has 1 aliphatic heterocycles. The lowest BCUT2D eigenvalue weighted by atomic mass is 10.00. The van der Waals surface area contributed by atoms with Gasteiger partial charge in [0, 0.05) is 31.7 Å². The standard InChI is InChI=1S/C26H26F3N3O2/c1-33-25-20(15-30)13-18-5-2-3-8-22(18)23(25)16-34-17-24(32-11-9-31-10-12-32)19-6-4-7-21(14-19)26(27,28)29/h2-8,13-14,24,31H,9-12,16-17H2,1H3. The molecule has 1 N–H and O–H groups in total. The zero-order valence-corrected chi connectivity index (χ0v) is 18.9. The molecule has 0 bridgehead atoms. The number of benzene rings is 3. The van der Waals surface area contributed by atoms with Gasteiger partial charge in [0.1, 0.15) is 11.8 Å². The van der Waals surface area contributed by atoms with Crippen molar-refractivity contribution in [1.29, 1.82) is 5.26 Å². The molecule has 0 amide bonds. The summed E-state index contributed by atoms with van der Waals surface area (Å²) in [5, 5.41) is 14.7. The summed E-state index contributed by atoms with van der Waals surface area (Å²) < 4.78 is 51.7. The number of alkyl halides is 3. The molecule has 34 heavy (non-hydrogen) atoms. The van der Waals surface area contributed by atoms with Gasteiger partial charge in [-0.2, -0.15) is 18.4 Å². The van der Waals surface area contributed by atoms with Crippen LogP contribution < -0.4 is 10.1 Å². The summed E-state index contributed by atoms with van der Waals surface area (Å²) in [7, 11) is 1.51. The predicted octanol–water partition coefficient (Wildman–Crippen LogP) is 4.90. The second kappa shape index (κ2) is 10.4. The number of rotatable bonds is 7. The van der Waals surface area contributed by atoms with Gasteiger partial charge in [0.25, 0.3) is 0 Å². The molecule has 0 spiro atoms. The maximum atomic E-state index is 13.4. The van der Waals surface area contributed by atoms with Crippen LogP contribution in [0.1, 0.15) is 28.3 Å². The van der Waals surface area contributed by atoms with Crippen LogP contribution in [0.2, 0.25) is 0 Å². The van der Waals surface area contributed by atoms with Crippen molar-refractivity contribution >= 4 is 10.8 Å². The molecule has 1 heterocycles. The van der Waals surface area contributed by atoms with Gasteiger partial charge in [-0.15, -0.1) is 0 Å². The first-order valence-electron chi connectivity index (χ1n) is 11.1. The van der Waals surface area contributed by atoms with Crippen molar-refractivity contribution < 1.29 is 22.6 Å². The Labute approximate surface area is 196 Å². The number of nitrogens with one attached hydrogen (secondary N) is 1. The fourth-order valence-electron chi connectivity index (χ4n) is 4.46. The molecule has 1 unspecified atom stereocenters. The highest BCUT2D eigenvalue weighted by atomic mass is 19.4. The first kappa shape index (κ1) is 24.0. The highest BCUT2D eigenvalue weighted by Crippen LogP contribution is 2.34. The number of fused-ring (bicyclic) bond motifs is 1. The van der Waals surface area contributed by atoms with Gasteiger partial charge >= 0.3 is 6.18 Å². The third-order valence-corrected chi connectivity index (χ3v) is 6.14. The van der Waals surface area contributed by atoms with Crippen LogP contribution in [0.3, 0.4) is 0 Å². The van der Waals surface area contributed by atoms with Gasteiger partial charge in [0.2, 0.25) is 0 Å². The number of hydrogen-bond acceptors (Lipinski definition) is 5. The van der Waals surface area contributed by atoms with Crippen LogP contribution in [0.15, 0.2) is 54.6 Å². The number of hydrogen-bond donors (Lipinski definition) is 1. The number of nitriles is 1. The SMILES string of the molecule is COc1c(C#N)cc2ccccc2c1COCC(c1cccc(C(F)(F)F)c1)N1CCNCC1. The number of nitrogens with zero attached hydrogens (tertiary/aromatic N) is 2. The first-order valence-corrected chi connectivity index (χ1v) is 11.1. The van der Waals surface area contributed by atoms with E-state index in [4.69, 9.17) is 9.47 Å². The Morgan fingerprint density at radius 1 is 1.09 bits per heavy atom. The molecule has 0 aromatic heterocycles. The molecular formula is C26H26F3N3O2. The van der Waals surface area contributed by atoms with E-state index in [1.807, 2.05) is 24.3 Å². The summed E-state index contributed by atoms with van der Waals surface area (Å²) in [5.74, 6) is 0.457. The van der Waals surface area contributed by atoms with E-state index < -0.39 is 11.7 Å². The van der Waals surface area contributed by atoms with Crippen LogP contribution in [-0.4, -0.2) is 44.8 Å². The van der Waals surface area contributed by atoms with E-state index in [1.54, 1.807) is 12.1 Å². The second-order valence-electron chi connectivity index (χ2n) is 8.21. The number of halogens is 3. The van der Waals surface area contributed by atoms with E-state index in [0.717, 1.165) is 35.5 Å². The Bertz CT molecular complexity index is 1180. The minimum Gasteiger partial charge on any atom is -0.495 e. The van der Waals surface area contributed by atoms with Crippen LogP contribution in [0.25, 0.3) is 10.8 Å². The van der Waals surface area contributed by atoms with Gasteiger partial charge in [-0.05, 0) is 34.5 Å². The molecule has 1 saturated heterocycles. The Balaban J connectivity index is 1.62. The summed E-state index contributed by atoms with van der Waals surface area (Å²) in [6, 6.07) is 16.8. The summed E-state index contributed by atoms with van der Waals surface area (Å²) >= 11 is 0. The Hall–Kier alpha value is -3.12. The fraction of sp³-hybridized carbons (Fsp3) is 0.346. The molecule has 178 valence electrons. The summed E-state index contributed by atoms with van der Waals surface area (Å²) in [6.45, 7) is 3.31. The minimum absolute atomic E-state index is 0.167. The molecule has 5 nitrogen and oxygen atoms in total. The molecule has 1 fully saturated rings. The van der Waals surface area contributed by atoms with Crippen molar-refractivity contribution in [3.63, 3.8) is 0 Å². The van der Waals surface area contributed by atoms with E-state index in [1.165, 1.54) is 19.2 Å². The van der Waals surface area contributed by atoms with Crippen LogP contribution in [-0.2, 0) is 17.5 Å². The lowest BCUT2D eigenvalue weighted by Gasteiger charge is -2.35. The Morgan fingerprint density at radius 3 is 2.56 bits per heavy atom. The highest BCUT2D eigenvalue weighted by molar-refractivity contribution is 5.89. The molecule has 3 aromatic carbocycles. The average molecular weight is 470 g/mol. The van der Waals surface area contributed by atoms with E-state index >= 15 is 0 Å². The van der Waals surface area contributed by atoms with Crippen molar-refractivity contribution in [3.8, 4) is 11.8 Å². The zero-order chi connectivity index (χ0) is 24.1. The number of piperazine rings is 1. The molecule has 4 rings (SSSR count). The number of methoxy groups -OCH3 is 1. The fourth-order valence-corrected chi connectivity index (χ4v) is 4.46. The molecule has 1 atom stereocenters. The maximum absolute atomic E-state index is 13.4. The molecule has 8 heteroatoms. The summed E-state index contributed by atoms with van der Waals surface area (Å²) in [5.41, 5.74) is 1.07. The normalized spacial score (nSPS) is 15.7. The monoisotopic (exact) mass is 469 g/mol. The Morgan fingerprint density at radius 2 is 1.85 bits per heavy atom. The van der Waals surface area contributed by atoms with E-state index in [-0.39, 0.29) is 19.3 Å². The van der Waals surface area contributed by atoms with Gasteiger partial charge in [0.05, 0.1) is 37.5 Å². The average Bonchev–Trinajstić information content (AvgIpc) is 2.86. The van der Waals surface area contributed by atoms with E-state index in [0.29, 0.717) is 30.0 Å². The summed E-state index contributed by atoms with van der Waals surface area (Å²) in [4.78, 5) is 2.15. The van der Waals surface area contributed by atoms with Crippen molar-refractivity contribution in [2.45, 2.75) is 18.8 Å². The van der Waals surface area contributed by atoms with E-state index in [9.17, 15) is 18.4 Å². The lowest BCUT2D eigenvalue weighted by molar-refractivity contribution is -0.137. The van der Waals surface area contributed by atoms with E-state index in [2.05, 4.69) is 16.3 Å². The quantitative estimate of drug-likeness (QED) is 0.533. The largest absolute Gasteiger partial charge is 0.495 e. The van der Waals surface area contributed by atoms with Gasteiger partial charge in [-0.25, -0.2) is 0 Å². The van der Waals surface area contributed by atoms with Crippen LogP contribution in [0.5, 0.6) is 5.75 Å². The first-order chi connectivity index (χ1) is 16.4. The number of ether oxygens (including phenoxy) is 2. The zero-order valence-electron chi connectivity index (χ0n) is 18.9. The van der Waals surface area contributed by atoms with Gasteiger partial charge in [0.15, 0.2) is 0 Å². The predicted molar refractivity (Wildman–Crippen MR) is 123 cm³/mol. The van der Waals surface area contributed by atoms with Crippen LogP contribution in [0.4, 0.5) is 13.2 Å². The van der Waals surface area contributed by atoms with Gasteiger partial charge < -0.3 is 14.8 Å². The highest BCUT2D eigenvalue weighted by Gasteiger charge is 2.32. The molecule has 3 aromatic rings. The minimum atomic E-state index is -4.41. The van der Waals surface area contributed by atoms with Crippen LogP contribution in [0, 0.1) is 11.3 Å². The maximum Gasteiger partial charge on any atom is 0.416 e. The second-order valence-corrected chi connectivity index (χ2v) is 8.21. The molecule has 1 aliphatic rings. The summed E-state index contributed by atoms with van der Waals surface area (Å²) in [6.07, 6.45) is -4.41. The molecular weight excluding hydrogens is 443 g/mol. The third kappa shape index (κ3) is 5.17. The molecule has 0 radical (unpaired) electrons. The van der Waals surface area contributed by atoms with Crippen molar-refractivity contribution in [3.05, 3.63) is 76.9 Å². The topological polar surface area (TPSA) is 57.5 Å². The van der Waals surface area contributed by atoms with Crippen LogP contribution >= 0.6 is 0 Å². The van der Waals surface area contributed by atoms with Gasteiger partial charge in [-0.3, -0.25) is 4.90 Å². The molecule has 0 saturated carbocycles. The third-order valence-electron chi connectivity index (χ3n) is 6.14. The Kier molecular flexibility index (Phi) is 7.37. The lowest BCUT2D eigenvalue weighted by Crippen LogP contribution is -2.46. The van der Waals surface area contributed by atoms with Crippen molar-refractivity contribution in [2.75, 3.05) is 39.9 Å². The molecule has 0 aliphatic carbocycles. The smallest absolute Gasteiger partial charge is 0.416 e. The van der Waals surface area contributed by atoms with Crippen molar-refractivity contribution in [1.82, 2.24) is 10.2 Å². The van der Waals surface area contributed by atoms with Gasteiger partial charge in [-0.1, -0.05) is 36.4 Å². The van der Waals surface area contributed by atoms with Crippen molar-refractivity contribution in [2.24, 2.45) is 0 Å².